The first-order valence-electron chi connectivity index (χ1n) is 7.88. The van der Waals surface area contributed by atoms with E-state index in [1.54, 1.807) is 12.1 Å². The molecule has 1 aromatic rings. The van der Waals surface area contributed by atoms with Gasteiger partial charge in [0.15, 0.2) is 0 Å². The predicted molar refractivity (Wildman–Crippen MR) is 91.4 cm³/mol. The molecule has 1 unspecified atom stereocenters. The van der Waals surface area contributed by atoms with Crippen LogP contribution in [0.5, 0.6) is 0 Å². The van der Waals surface area contributed by atoms with Crippen molar-refractivity contribution in [3.05, 3.63) is 29.8 Å². The average Bonchev–Trinajstić information content (AvgIpc) is 3.00. The molecule has 0 saturated heterocycles. The van der Waals surface area contributed by atoms with E-state index in [0.29, 0.717) is 4.90 Å². The summed E-state index contributed by atoms with van der Waals surface area (Å²) in [7, 11) is -3.65. The van der Waals surface area contributed by atoms with Gasteiger partial charge in [0, 0.05) is 18.3 Å². The van der Waals surface area contributed by atoms with Gasteiger partial charge in [0.2, 0.25) is 9.84 Å². The van der Waals surface area contributed by atoms with Gasteiger partial charge < -0.3 is 0 Å². The minimum absolute atomic E-state index is 0.103. The molecule has 0 N–H and O–H groups in total. The summed E-state index contributed by atoms with van der Waals surface area (Å²) in [6.07, 6.45) is 6.59. The van der Waals surface area contributed by atoms with E-state index in [4.69, 9.17) is 0 Å². The molecular formula is C17H24N2O2S. The van der Waals surface area contributed by atoms with Crippen LogP contribution >= 0.6 is 0 Å². The van der Waals surface area contributed by atoms with Crippen molar-refractivity contribution < 1.29 is 8.42 Å². The molecule has 0 amide bonds. The van der Waals surface area contributed by atoms with Gasteiger partial charge in [-0.1, -0.05) is 44.4 Å². The number of benzene rings is 1. The van der Waals surface area contributed by atoms with Crippen molar-refractivity contribution in [3.8, 4) is 0 Å². The van der Waals surface area contributed by atoms with E-state index < -0.39 is 14.8 Å². The number of nitrogens with zero attached hydrogens (tertiary/aromatic N) is 2. The molecule has 2 rings (SSSR count). The topological polar surface area (TPSA) is 58.9 Å². The number of hydrogen-bond donors (Lipinski definition) is 0. The van der Waals surface area contributed by atoms with E-state index in [0.717, 1.165) is 31.2 Å². The van der Waals surface area contributed by atoms with Crippen molar-refractivity contribution in [3.63, 3.8) is 0 Å². The summed E-state index contributed by atoms with van der Waals surface area (Å²) in [4.78, 5) is 7.57. The van der Waals surface area contributed by atoms with Crippen LogP contribution in [0.3, 0.4) is 0 Å². The molecule has 1 atom stereocenters. The van der Waals surface area contributed by atoms with E-state index in [1.165, 1.54) is 12.4 Å². The van der Waals surface area contributed by atoms with Crippen molar-refractivity contribution >= 4 is 22.3 Å². The maximum Gasteiger partial charge on any atom is 0.259 e. The third-order valence-electron chi connectivity index (χ3n) is 4.24. The Morgan fingerprint density at radius 1 is 1.09 bits per heavy atom. The van der Waals surface area contributed by atoms with Gasteiger partial charge in [0.05, 0.1) is 4.90 Å². The first kappa shape index (κ1) is 16.9. The minimum atomic E-state index is -3.65. The molecule has 0 radical (unpaired) electrons. The molecule has 1 aliphatic heterocycles. The Morgan fingerprint density at radius 2 is 1.68 bits per heavy atom. The summed E-state index contributed by atoms with van der Waals surface area (Å²) in [6.45, 7) is 6.05. The van der Waals surface area contributed by atoms with Crippen LogP contribution in [0.4, 0.5) is 0 Å². The SMILES string of the molecule is CCCCC(CC)C1(S(=O)(=O)c2ccc(C)cc2)N=CC=N1. The molecular weight excluding hydrogens is 296 g/mol. The maximum absolute atomic E-state index is 13.2. The number of aliphatic imine (C=N–C) groups is 2. The Morgan fingerprint density at radius 3 is 2.18 bits per heavy atom. The Bertz CT molecular complexity index is 648. The Hall–Kier alpha value is -1.49. The quantitative estimate of drug-likeness (QED) is 0.767. The van der Waals surface area contributed by atoms with Gasteiger partial charge in [0.25, 0.3) is 4.99 Å². The first-order chi connectivity index (χ1) is 10.5. The Kier molecular flexibility index (Phi) is 5.16. The largest absolute Gasteiger partial charge is 0.259 e. The van der Waals surface area contributed by atoms with Crippen LogP contribution in [-0.2, 0) is 9.84 Å². The molecule has 22 heavy (non-hydrogen) atoms. The standard InChI is InChI=1S/C17H24N2O2S/c1-4-6-7-15(5-2)17(18-12-13-19-17)22(20,21)16-10-8-14(3)9-11-16/h8-13,15H,4-7H2,1-3H3. The fourth-order valence-electron chi connectivity index (χ4n) is 2.88. The van der Waals surface area contributed by atoms with Crippen LogP contribution in [0, 0.1) is 12.8 Å². The lowest BCUT2D eigenvalue weighted by Gasteiger charge is -2.31. The molecule has 0 aliphatic carbocycles. The van der Waals surface area contributed by atoms with Gasteiger partial charge in [-0.05, 0) is 31.9 Å². The van der Waals surface area contributed by atoms with Crippen LogP contribution in [0.25, 0.3) is 0 Å². The lowest BCUT2D eigenvalue weighted by molar-refractivity contribution is 0.336. The highest BCUT2D eigenvalue weighted by Crippen LogP contribution is 2.40. The van der Waals surface area contributed by atoms with Crippen LogP contribution < -0.4 is 0 Å². The van der Waals surface area contributed by atoms with Crippen molar-refractivity contribution in [2.24, 2.45) is 15.9 Å². The minimum Gasteiger partial charge on any atom is -0.246 e. The third kappa shape index (κ3) is 2.86. The summed E-state index contributed by atoms with van der Waals surface area (Å²) >= 11 is 0. The second kappa shape index (κ2) is 6.73. The van der Waals surface area contributed by atoms with Gasteiger partial charge in [-0.25, -0.2) is 18.4 Å². The van der Waals surface area contributed by atoms with Crippen LogP contribution in [-0.4, -0.2) is 25.8 Å². The number of hydrogen-bond acceptors (Lipinski definition) is 4. The molecule has 1 aromatic carbocycles. The molecule has 0 bridgehead atoms. The lowest BCUT2D eigenvalue weighted by atomic mass is 9.96. The zero-order valence-corrected chi connectivity index (χ0v) is 14.3. The van der Waals surface area contributed by atoms with E-state index >= 15 is 0 Å². The van der Waals surface area contributed by atoms with Crippen molar-refractivity contribution in [1.29, 1.82) is 0 Å². The van der Waals surface area contributed by atoms with Gasteiger partial charge in [-0.2, -0.15) is 0 Å². The fraction of sp³-hybridized carbons (Fsp3) is 0.529. The zero-order chi connectivity index (χ0) is 16.2. The molecule has 0 aromatic heterocycles. The number of unbranched alkanes of at least 4 members (excludes halogenated alkanes) is 1. The van der Waals surface area contributed by atoms with Gasteiger partial charge in [-0.3, -0.25) is 0 Å². The van der Waals surface area contributed by atoms with E-state index in [2.05, 4.69) is 16.9 Å². The van der Waals surface area contributed by atoms with Gasteiger partial charge in [0.1, 0.15) is 0 Å². The molecule has 0 saturated carbocycles. The number of aryl methyl sites for hydroxylation is 1. The lowest BCUT2D eigenvalue weighted by Crippen LogP contribution is -2.41. The highest BCUT2D eigenvalue weighted by molar-refractivity contribution is 7.92. The van der Waals surface area contributed by atoms with Crippen molar-refractivity contribution in [2.45, 2.75) is 56.3 Å². The summed E-state index contributed by atoms with van der Waals surface area (Å²) in [5.74, 6) is -0.103. The summed E-state index contributed by atoms with van der Waals surface area (Å²) in [5, 5.41) is 0. The molecule has 0 fully saturated rings. The summed E-state index contributed by atoms with van der Waals surface area (Å²) < 4.78 is 26.4. The molecule has 5 heteroatoms. The molecule has 4 nitrogen and oxygen atoms in total. The second-order valence-corrected chi connectivity index (χ2v) is 7.86. The van der Waals surface area contributed by atoms with Gasteiger partial charge >= 0.3 is 0 Å². The first-order valence-corrected chi connectivity index (χ1v) is 9.36. The molecule has 1 aliphatic rings. The number of sulfone groups is 1. The van der Waals surface area contributed by atoms with Crippen molar-refractivity contribution in [1.82, 2.24) is 0 Å². The zero-order valence-electron chi connectivity index (χ0n) is 13.5. The van der Waals surface area contributed by atoms with Crippen LogP contribution in [0.1, 0.15) is 45.1 Å². The highest BCUT2D eigenvalue weighted by Gasteiger charge is 2.50. The summed E-state index contributed by atoms with van der Waals surface area (Å²) in [5.41, 5.74) is 1.03. The van der Waals surface area contributed by atoms with E-state index in [9.17, 15) is 8.42 Å². The monoisotopic (exact) mass is 320 g/mol. The molecule has 0 spiro atoms. The van der Waals surface area contributed by atoms with E-state index in [-0.39, 0.29) is 5.92 Å². The maximum atomic E-state index is 13.2. The fourth-order valence-corrected chi connectivity index (χ4v) is 4.85. The Labute approximate surface area is 133 Å². The average molecular weight is 320 g/mol. The van der Waals surface area contributed by atoms with Crippen LogP contribution in [0.2, 0.25) is 0 Å². The smallest absolute Gasteiger partial charge is 0.246 e. The van der Waals surface area contributed by atoms with Gasteiger partial charge in [-0.15, -0.1) is 0 Å². The second-order valence-electron chi connectivity index (χ2n) is 5.78. The van der Waals surface area contributed by atoms with Crippen LogP contribution in [0.15, 0.2) is 39.1 Å². The Balaban J connectivity index is 2.48. The normalized spacial score (nSPS) is 17.8. The molecule has 120 valence electrons. The van der Waals surface area contributed by atoms with E-state index in [1.807, 2.05) is 26.0 Å². The third-order valence-corrected chi connectivity index (χ3v) is 6.47. The summed E-state index contributed by atoms with van der Waals surface area (Å²) in [6, 6.07) is 6.94. The number of rotatable bonds is 7. The molecule has 1 heterocycles. The van der Waals surface area contributed by atoms with Crippen molar-refractivity contribution in [2.75, 3.05) is 0 Å². The predicted octanol–water partition coefficient (Wildman–Crippen LogP) is 3.79. The highest BCUT2D eigenvalue weighted by atomic mass is 32.2.